The lowest BCUT2D eigenvalue weighted by Gasteiger charge is -2.28. The molecule has 0 bridgehead atoms. The van der Waals surface area contributed by atoms with E-state index in [0.29, 0.717) is 12.1 Å². The first-order chi connectivity index (χ1) is 9.16. The molecule has 1 atom stereocenters. The maximum absolute atomic E-state index is 4.48. The van der Waals surface area contributed by atoms with Gasteiger partial charge in [-0.2, -0.15) is 5.10 Å². The molecule has 1 aliphatic heterocycles. The first kappa shape index (κ1) is 12.7. The summed E-state index contributed by atoms with van der Waals surface area (Å²) in [6, 6.07) is 9.26. The molecule has 0 spiro atoms. The minimum atomic E-state index is 0.328. The van der Waals surface area contributed by atoms with Crippen molar-refractivity contribution < 1.29 is 0 Å². The van der Waals surface area contributed by atoms with Crippen LogP contribution in [0, 0.1) is 0 Å². The van der Waals surface area contributed by atoms with E-state index in [9.17, 15) is 0 Å². The SMILES string of the molecule is CC(C)n1ncc(Br)c1C1CCc2ccccc2N1. The molecule has 1 aliphatic rings. The zero-order valence-corrected chi connectivity index (χ0v) is 12.8. The Balaban J connectivity index is 1.95. The number of rotatable bonds is 2. The van der Waals surface area contributed by atoms with Gasteiger partial charge in [0.1, 0.15) is 0 Å². The van der Waals surface area contributed by atoms with Crippen molar-refractivity contribution in [3.05, 3.63) is 46.2 Å². The molecule has 1 aromatic carbocycles. The lowest BCUT2D eigenvalue weighted by Crippen LogP contribution is -2.22. The summed E-state index contributed by atoms with van der Waals surface area (Å²) in [6.45, 7) is 4.33. The maximum Gasteiger partial charge on any atom is 0.0751 e. The largest absolute Gasteiger partial charge is 0.376 e. The Morgan fingerprint density at radius 1 is 1.37 bits per heavy atom. The molecule has 2 heterocycles. The molecule has 0 saturated carbocycles. The highest BCUT2D eigenvalue weighted by molar-refractivity contribution is 9.10. The Kier molecular flexibility index (Phi) is 3.35. The van der Waals surface area contributed by atoms with Crippen LogP contribution in [0.3, 0.4) is 0 Å². The van der Waals surface area contributed by atoms with Crippen molar-refractivity contribution in [2.45, 2.75) is 38.8 Å². The molecule has 0 fully saturated rings. The van der Waals surface area contributed by atoms with Gasteiger partial charge in [-0.25, -0.2) is 0 Å². The number of para-hydroxylation sites is 1. The normalized spacial score (nSPS) is 18.2. The topological polar surface area (TPSA) is 29.9 Å². The highest BCUT2D eigenvalue weighted by Crippen LogP contribution is 2.36. The summed E-state index contributed by atoms with van der Waals surface area (Å²) < 4.78 is 3.20. The van der Waals surface area contributed by atoms with E-state index < -0.39 is 0 Å². The fraction of sp³-hybridized carbons (Fsp3) is 0.400. The van der Waals surface area contributed by atoms with E-state index in [1.165, 1.54) is 16.9 Å². The molecule has 3 rings (SSSR count). The van der Waals surface area contributed by atoms with Crippen LogP contribution in [-0.2, 0) is 6.42 Å². The molecular formula is C15H18BrN3. The van der Waals surface area contributed by atoms with Crippen molar-refractivity contribution in [2.24, 2.45) is 0 Å². The lowest BCUT2D eigenvalue weighted by molar-refractivity contribution is 0.482. The number of anilines is 1. The van der Waals surface area contributed by atoms with Gasteiger partial charge in [-0.15, -0.1) is 0 Å². The Morgan fingerprint density at radius 3 is 2.95 bits per heavy atom. The number of aromatic nitrogens is 2. The summed E-state index contributed by atoms with van der Waals surface area (Å²) in [5.74, 6) is 0. The Morgan fingerprint density at radius 2 is 2.16 bits per heavy atom. The average Bonchev–Trinajstić information content (AvgIpc) is 2.80. The van der Waals surface area contributed by atoms with Crippen LogP contribution in [0.25, 0.3) is 0 Å². The fourth-order valence-electron chi connectivity index (χ4n) is 2.73. The molecular weight excluding hydrogens is 302 g/mol. The Labute approximate surface area is 122 Å². The van der Waals surface area contributed by atoms with E-state index in [-0.39, 0.29) is 0 Å². The molecule has 0 amide bonds. The quantitative estimate of drug-likeness (QED) is 0.893. The van der Waals surface area contributed by atoms with Crippen LogP contribution < -0.4 is 5.32 Å². The van der Waals surface area contributed by atoms with E-state index in [1.54, 1.807) is 0 Å². The zero-order chi connectivity index (χ0) is 13.4. The summed E-state index contributed by atoms with van der Waals surface area (Å²) in [5.41, 5.74) is 3.91. The number of benzene rings is 1. The molecule has 1 aromatic heterocycles. The van der Waals surface area contributed by atoms with Crippen molar-refractivity contribution in [1.29, 1.82) is 0 Å². The van der Waals surface area contributed by atoms with Gasteiger partial charge in [0, 0.05) is 11.7 Å². The van der Waals surface area contributed by atoms with Gasteiger partial charge in [0.15, 0.2) is 0 Å². The summed E-state index contributed by atoms with van der Waals surface area (Å²) >= 11 is 3.64. The van der Waals surface area contributed by atoms with E-state index in [2.05, 4.69) is 69.1 Å². The summed E-state index contributed by atoms with van der Waals surface area (Å²) in [4.78, 5) is 0. The molecule has 100 valence electrons. The standard InChI is InChI=1S/C15H18BrN3/c1-10(2)19-15(12(16)9-17-19)14-8-7-11-5-3-4-6-13(11)18-14/h3-6,9-10,14,18H,7-8H2,1-2H3. The number of halogens is 1. The second-order valence-electron chi connectivity index (χ2n) is 5.31. The molecule has 3 nitrogen and oxygen atoms in total. The molecule has 0 aliphatic carbocycles. The Bertz CT molecular complexity index is 589. The Hall–Kier alpha value is -1.29. The van der Waals surface area contributed by atoms with E-state index in [4.69, 9.17) is 0 Å². The molecule has 2 aromatic rings. The van der Waals surface area contributed by atoms with Crippen LogP contribution >= 0.6 is 15.9 Å². The first-order valence-corrected chi connectivity index (χ1v) is 7.53. The van der Waals surface area contributed by atoms with E-state index >= 15 is 0 Å². The van der Waals surface area contributed by atoms with Crippen LogP contribution in [-0.4, -0.2) is 9.78 Å². The van der Waals surface area contributed by atoms with Crippen LogP contribution in [0.5, 0.6) is 0 Å². The highest BCUT2D eigenvalue weighted by Gasteiger charge is 2.25. The van der Waals surface area contributed by atoms with Crippen LogP contribution in [0.1, 0.15) is 43.6 Å². The van der Waals surface area contributed by atoms with Gasteiger partial charge >= 0.3 is 0 Å². The second kappa shape index (κ2) is 5.00. The number of nitrogens with one attached hydrogen (secondary N) is 1. The first-order valence-electron chi connectivity index (χ1n) is 6.74. The van der Waals surface area contributed by atoms with E-state index in [1.807, 2.05) is 6.20 Å². The number of fused-ring (bicyclic) bond motifs is 1. The van der Waals surface area contributed by atoms with Crippen molar-refractivity contribution >= 4 is 21.6 Å². The monoisotopic (exact) mass is 319 g/mol. The van der Waals surface area contributed by atoms with Gasteiger partial charge in [0.25, 0.3) is 0 Å². The fourth-order valence-corrected chi connectivity index (χ4v) is 3.28. The third-order valence-electron chi connectivity index (χ3n) is 3.66. The summed E-state index contributed by atoms with van der Waals surface area (Å²) in [5, 5.41) is 8.12. The molecule has 0 saturated heterocycles. The average molecular weight is 320 g/mol. The van der Waals surface area contributed by atoms with Crippen molar-refractivity contribution in [1.82, 2.24) is 9.78 Å². The maximum atomic E-state index is 4.48. The number of aryl methyl sites for hydroxylation is 1. The minimum absolute atomic E-state index is 0.328. The third kappa shape index (κ3) is 2.29. The van der Waals surface area contributed by atoms with E-state index in [0.717, 1.165) is 17.3 Å². The van der Waals surface area contributed by atoms with Gasteiger partial charge in [-0.05, 0) is 54.2 Å². The number of nitrogens with zero attached hydrogens (tertiary/aromatic N) is 2. The lowest BCUT2D eigenvalue weighted by atomic mass is 9.96. The predicted octanol–water partition coefficient (Wildman–Crippen LogP) is 4.33. The van der Waals surface area contributed by atoms with Crippen molar-refractivity contribution in [2.75, 3.05) is 5.32 Å². The highest BCUT2D eigenvalue weighted by atomic mass is 79.9. The molecule has 19 heavy (non-hydrogen) atoms. The molecule has 1 unspecified atom stereocenters. The van der Waals surface area contributed by atoms with Gasteiger partial charge in [-0.3, -0.25) is 4.68 Å². The molecule has 4 heteroatoms. The number of hydrogen-bond donors (Lipinski definition) is 1. The number of hydrogen-bond acceptors (Lipinski definition) is 2. The third-order valence-corrected chi connectivity index (χ3v) is 4.27. The van der Waals surface area contributed by atoms with Crippen LogP contribution in [0.2, 0.25) is 0 Å². The van der Waals surface area contributed by atoms with Crippen LogP contribution in [0.15, 0.2) is 34.9 Å². The van der Waals surface area contributed by atoms with Crippen molar-refractivity contribution in [3.8, 4) is 0 Å². The molecule has 0 radical (unpaired) electrons. The summed E-state index contributed by atoms with van der Waals surface area (Å²) in [7, 11) is 0. The summed E-state index contributed by atoms with van der Waals surface area (Å²) in [6.07, 6.45) is 4.12. The minimum Gasteiger partial charge on any atom is -0.376 e. The van der Waals surface area contributed by atoms with Gasteiger partial charge < -0.3 is 5.32 Å². The van der Waals surface area contributed by atoms with Crippen LogP contribution in [0.4, 0.5) is 5.69 Å². The van der Waals surface area contributed by atoms with Gasteiger partial charge in [0.2, 0.25) is 0 Å². The van der Waals surface area contributed by atoms with Crippen molar-refractivity contribution in [3.63, 3.8) is 0 Å². The van der Waals surface area contributed by atoms with Gasteiger partial charge in [-0.1, -0.05) is 18.2 Å². The zero-order valence-electron chi connectivity index (χ0n) is 11.2. The smallest absolute Gasteiger partial charge is 0.0751 e. The van der Waals surface area contributed by atoms with Gasteiger partial charge in [0.05, 0.1) is 22.4 Å². The second-order valence-corrected chi connectivity index (χ2v) is 6.16. The molecule has 1 N–H and O–H groups in total. The predicted molar refractivity (Wildman–Crippen MR) is 81.4 cm³/mol.